The van der Waals surface area contributed by atoms with Crippen LogP contribution in [0.5, 0.6) is 0 Å². The highest BCUT2D eigenvalue weighted by Gasteiger charge is 1.84. The molecule has 0 N–H and O–H groups in total. The highest BCUT2D eigenvalue weighted by molar-refractivity contribution is 7.10. The first-order valence-electron chi connectivity index (χ1n) is 27.0. The van der Waals surface area contributed by atoms with E-state index in [1.165, 1.54) is 25.9 Å². The first-order chi connectivity index (χ1) is 39.5. The molecule has 452 valence electrons. The van der Waals surface area contributed by atoms with Crippen LogP contribution in [-0.2, 0) is 14.1 Å². The number of aryl methyl sites for hydroxylation is 14. The molecule has 12 heterocycles. The molecule has 0 aromatic carbocycles. The maximum absolute atomic E-state index is 4.83. The van der Waals surface area contributed by atoms with Crippen molar-refractivity contribution in [3.8, 4) is 0 Å². The van der Waals surface area contributed by atoms with E-state index in [1.807, 2.05) is 165 Å². The fourth-order valence-electron chi connectivity index (χ4n) is 4.33. The van der Waals surface area contributed by atoms with Gasteiger partial charge in [-0.1, -0.05) is 99.4 Å². The molecule has 0 bridgehead atoms. The topological polar surface area (TPSA) is 166 Å². The summed E-state index contributed by atoms with van der Waals surface area (Å²) in [5, 5.41) is 23.7. The minimum absolute atomic E-state index is 0.856. The second-order valence-electron chi connectivity index (χ2n) is 15.5. The van der Waals surface area contributed by atoms with E-state index in [-0.39, 0.29) is 0 Å². The Balaban J connectivity index is -0.000000400. The SMILES string of the molecule is CC.CC.CC.CC.Cc1cccn1C.Cc1ccco1.Cc1ccco1.Cc1cccs1.Cc1cccs1.Cc1cccs1.Cc1ccn(C)c1.Cc1ccno1.Cc1ccon1.Cc1ccon1.Cc1cnoc1.Cc1cnoc1. The summed E-state index contributed by atoms with van der Waals surface area (Å²) in [4.78, 5) is 4.15. The molecule has 0 unspecified atom stereocenters. The van der Waals surface area contributed by atoms with E-state index in [2.05, 4.69) is 158 Å². The van der Waals surface area contributed by atoms with E-state index < -0.39 is 0 Å². The zero-order valence-electron chi connectivity index (χ0n) is 53.1. The van der Waals surface area contributed by atoms with Crippen molar-refractivity contribution in [2.24, 2.45) is 14.1 Å². The fraction of sp³-hybridized carbons (Fsp3) is 0.338. The van der Waals surface area contributed by atoms with Crippen LogP contribution in [0.25, 0.3) is 0 Å². The van der Waals surface area contributed by atoms with Crippen molar-refractivity contribution >= 4 is 34.0 Å². The van der Waals surface area contributed by atoms with Crippen molar-refractivity contribution in [3.63, 3.8) is 0 Å². The smallest absolute Gasteiger partial charge is 0.133 e. The van der Waals surface area contributed by atoms with Crippen LogP contribution in [0.15, 0.2) is 219 Å². The van der Waals surface area contributed by atoms with Crippen LogP contribution in [0.3, 0.4) is 0 Å². The lowest BCUT2D eigenvalue weighted by Gasteiger charge is -1.89. The maximum Gasteiger partial charge on any atom is 0.133 e. The molecule has 12 aromatic heterocycles. The van der Waals surface area contributed by atoms with Gasteiger partial charge in [0.1, 0.15) is 42.3 Å². The predicted octanol–water partition coefficient (Wildman–Crippen LogP) is 21.0. The van der Waals surface area contributed by atoms with Crippen molar-refractivity contribution in [2.75, 3.05) is 0 Å². The first-order valence-corrected chi connectivity index (χ1v) is 29.7. The fourth-order valence-corrected chi connectivity index (χ4v) is 5.92. The summed E-state index contributed by atoms with van der Waals surface area (Å²) in [5.41, 5.74) is 6.61. The highest BCUT2D eigenvalue weighted by atomic mass is 32.1. The molecule has 0 saturated carbocycles. The summed E-state index contributed by atoms with van der Waals surface area (Å²) >= 11 is 5.33. The molecule has 12 aromatic rings. The van der Waals surface area contributed by atoms with Crippen LogP contribution in [0.4, 0.5) is 0 Å². The number of nitrogens with zero attached hydrogens (tertiary/aromatic N) is 7. The van der Waals surface area contributed by atoms with Crippen molar-refractivity contribution < 1.29 is 31.4 Å². The first kappa shape index (κ1) is 80.7. The third-order valence-corrected chi connectivity index (χ3v) is 10.7. The van der Waals surface area contributed by atoms with Gasteiger partial charge in [-0.2, -0.15) is 0 Å². The van der Waals surface area contributed by atoms with Crippen molar-refractivity contribution in [3.05, 3.63) is 254 Å². The summed E-state index contributed by atoms with van der Waals surface area (Å²) in [6, 6.07) is 31.7. The Morgan fingerprint density at radius 2 is 0.817 bits per heavy atom. The monoisotopic (exact) mass is 1180 g/mol. The van der Waals surface area contributed by atoms with Crippen molar-refractivity contribution in [2.45, 2.75) is 138 Å². The second kappa shape index (κ2) is 59.4. The molecule has 0 spiro atoms. The van der Waals surface area contributed by atoms with Gasteiger partial charge in [-0.3, -0.25) is 0 Å². The van der Waals surface area contributed by atoms with Crippen LogP contribution >= 0.6 is 34.0 Å². The molecule has 0 radical (unpaired) electrons. The van der Waals surface area contributed by atoms with Gasteiger partial charge in [-0.15, -0.1) is 34.0 Å². The normalized spacial score (nSPS) is 8.37. The Bertz CT molecular complexity index is 2280. The molecule has 0 aliphatic rings. The van der Waals surface area contributed by atoms with Crippen LogP contribution in [0.2, 0.25) is 0 Å². The summed E-state index contributed by atoms with van der Waals surface area (Å²) < 4.78 is 36.2. The van der Waals surface area contributed by atoms with Crippen LogP contribution in [0, 0.1) is 83.1 Å². The Kier molecular flexibility index (Phi) is 58.5. The lowest BCUT2D eigenvalue weighted by molar-refractivity contribution is 0.397. The molecule has 0 amide bonds. The third-order valence-electron chi connectivity index (χ3n) is 8.31. The number of rotatable bonds is 0. The minimum Gasteiger partial charge on any atom is -0.470 e. The largest absolute Gasteiger partial charge is 0.470 e. The predicted molar refractivity (Wildman–Crippen MR) is 346 cm³/mol. The Morgan fingerprint density at radius 1 is 0.390 bits per heavy atom. The quantitative estimate of drug-likeness (QED) is 0.141. The van der Waals surface area contributed by atoms with Crippen molar-refractivity contribution in [1.29, 1.82) is 0 Å². The molecule has 0 aliphatic heterocycles. The maximum atomic E-state index is 4.83. The molecule has 0 atom stereocenters. The van der Waals surface area contributed by atoms with E-state index in [9.17, 15) is 0 Å². The Labute approximate surface area is 503 Å². The van der Waals surface area contributed by atoms with E-state index >= 15 is 0 Å². The van der Waals surface area contributed by atoms with Gasteiger partial charge in [0.2, 0.25) is 0 Å². The third kappa shape index (κ3) is 55.6. The number of hydrogen-bond acceptors (Lipinski definition) is 15. The molecule has 82 heavy (non-hydrogen) atoms. The lowest BCUT2D eigenvalue weighted by Crippen LogP contribution is -1.84. The average molecular weight is 1180 g/mol. The van der Waals surface area contributed by atoms with Gasteiger partial charge in [-0.05, 0) is 165 Å². The Morgan fingerprint density at radius 3 is 0.902 bits per heavy atom. The highest BCUT2D eigenvalue weighted by Crippen LogP contribution is 2.05. The van der Waals surface area contributed by atoms with Gasteiger partial charge >= 0.3 is 0 Å². The molecule has 17 heteroatoms. The van der Waals surface area contributed by atoms with Gasteiger partial charge in [0, 0.05) is 82.3 Å². The number of furan rings is 2. The minimum atomic E-state index is 0.856. The molecule has 0 saturated heterocycles. The molecular weight excluding hydrogens is 1090 g/mol. The number of aromatic nitrogens is 7. The lowest BCUT2D eigenvalue weighted by atomic mass is 10.4. The molecular formula is C65H97N7O7S3. The number of thiophene rings is 3. The zero-order valence-corrected chi connectivity index (χ0v) is 55.6. The second-order valence-corrected chi connectivity index (χ2v) is 19.0. The summed E-state index contributed by atoms with van der Waals surface area (Å²) in [5.74, 6) is 2.79. The van der Waals surface area contributed by atoms with Gasteiger partial charge in [0.25, 0.3) is 0 Å². The molecule has 0 aliphatic carbocycles. The molecule has 12 rings (SSSR count). The van der Waals surface area contributed by atoms with E-state index in [4.69, 9.17) is 8.83 Å². The van der Waals surface area contributed by atoms with Gasteiger partial charge < -0.3 is 40.6 Å². The van der Waals surface area contributed by atoms with Crippen LogP contribution in [0.1, 0.15) is 121 Å². The van der Waals surface area contributed by atoms with Crippen LogP contribution < -0.4 is 0 Å². The number of hydrogen-bond donors (Lipinski definition) is 0. The van der Waals surface area contributed by atoms with Gasteiger partial charge in [0.15, 0.2) is 0 Å². The van der Waals surface area contributed by atoms with E-state index in [1.54, 1.807) is 108 Å². The summed E-state index contributed by atoms with van der Waals surface area (Å²) in [6.07, 6.45) is 20.7. The molecule has 14 nitrogen and oxygen atoms in total. The summed E-state index contributed by atoms with van der Waals surface area (Å²) in [6.45, 7) is 39.8. The zero-order chi connectivity index (χ0) is 62.6. The van der Waals surface area contributed by atoms with Crippen LogP contribution in [-0.4, -0.2) is 34.9 Å². The molecule has 0 fully saturated rings. The average Bonchev–Trinajstić information content (AvgIpc) is 4.30. The summed E-state index contributed by atoms with van der Waals surface area (Å²) in [7, 11) is 4.06. The van der Waals surface area contributed by atoms with Gasteiger partial charge in [-0.25, -0.2) is 0 Å². The standard InChI is InChI=1S/2C6H9N.2C5H6O.3C5H6S.5C4H5NO.4C2H6/c1-6-3-4-7(2)5-6;1-6-4-3-5-7(6)2;5*1-5-3-2-4-6-5;2*1-4-2-5-6-3-4;2*1-4-2-3-6-5-4;1-4-2-3-5-6-4;4*1-2/h2*3-5H,1-2H3;5*2-4H,1H3;5*2-3H,1H3;4*1-2H3. The van der Waals surface area contributed by atoms with E-state index in [0.717, 1.165) is 39.8 Å². The van der Waals surface area contributed by atoms with Gasteiger partial charge in [0.05, 0.1) is 42.5 Å². The van der Waals surface area contributed by atoms with Crippen molar-refractivity contribution in [1.82, 2.24) is 34.9 Å². The Hall–Kier alpha value is -7.73. The van der Waals surface area contributed by atoms with E-state index in [0.29, 0.717) is 0 Å².